The van der Waals surface area contributed by atoms with E-state index in [4.69, 9.17) is 29.8 Å². The van der Waals surface area contributed by atoms with Gasteiger partial charge in [-0.25, -0.2) is 4.79 Å². The second kappa shape index (κ2) is 30.8. The van der Waals surface area contributed by atoms with Gasteiger partial charge in [-0.15, -0.1) is 0 Å². The highest BCUT2D eigenvalue weighted by molar-refractivity contribution is 5.75. The number of carbonyl (C=O) groups excluding carboxylic acids is 2. The number of aliphatic carboxylic acids is 1. The molecule has 2 amide bonds. The lowest BCUT2D eigenvalue weighted by molar-refractivity contribution is -0.303. The van der Waals surface area contributed by atoms with Crippen LogP contribution in [0.4, 0.5) is 4.79 Å². The van der Waals surface area contributed by atoms with E-state index in [2.05, 4.69) is 10.6 Å². The molecule has 0 aromatic heterocycles. The van der Waals surface area contributed by atoms with Crippen molar-refractivity contribution in [3.63, 3.8) is 0 Å². The van der Waals surface area contributed by atoms with Crippen molar-refractivity contribution in [3.8, 4) is 0 Å². The lowest BCUT2D eigenvalue weighted by Crippen LogP contribution is -2.64. The number of hydrogen-bond donors (Lipinski definition) is 14. The second-order valence-corrected chi connectivity index (χ2v) is 18.8. The van der Waals surface area contributed by atoms with Gasteiger partial charge < -0.3 is 91.5 Å². The molecule has 21 nitrogen and oxygen atoms in total. The van der Waals surface area contributed by atoms with Crippen molar-refractivity contribution < 1.29 is 89.5 Å². The zero-order valence-electron chi connectivity index (χ0n) is 40.9. The van der Waals surface area contributed by atoms with Gasteiger partial charge in [0.1, 0.15) is 12.2 Å². The second-order valence-electron chi connectivity index (χ2n) is 18.8. The van der Waals surface area contributed by atoms with Gasteiger partial charge in [0.15, 0.2) is 12.1 Å². The summed E-state index contributed by atoms with van der Waals surface area (Å²) in [5.41, 5.74) is 6.08. The van der Waals surface area contributed by atoms with Crippen LogP contribution in [0.25, 0.3) is 0 Å². The Morgan fingerprint density at radius 2 is 1.30 bits per heavy atom. The molecule has 0 radical (unpaired) electrons. The molecule has 3 aliphatic heterocycles. The van der Waals surface area contributed by atoms with Crippen LogP contribution in [-0.4, -0.2) is 184 Å². The molecule has 3 heterocycles. The van der Waals surface area contributed by atoms with Gasteiger partial charge in [0.05, 0.1) is 92.1 Å². The molecule has 402 valence electrons. The minimum Gasteiger partial charge on any atom is -0.481 e. The molecule has 3 rings (SSSR count). The van der Waals surface area contributed by atoms with Crippen LogP contribution >= 0.6 is 0 Å². The third-order valence-electron chi connectivity index (χ3n) is 12.7. The number of ether oxygens (including phenoxy) is 4. The standard InChI is InChI=1S/C50H79N3O18/c1-29-17-15-13-11-9-7-5-6-8-10-12-14-16-18-36(70-48-47(65)43(51)46(64)32(4)69-48)26-40-44(53-49(66)52-22-21-41(60)61)39(59)28-50(67,71-40)27-35(56)24-38(58)37(57)20-19-33(54)23-34(55)25-42(62)68-31(3)30(2)45(29)63/h5-18,29-40,43-48,54-59,63-65,67H,19-28,51H2,1-4H3,(H,60,61)(H2,52,53,66)/b6-5+,9-7+,10-8+,13-11+,14-12+,17-15+,18-16+/t29-,30-,31-,32?,33+,34+,35-,36-,37+,38+,39-,40-,43?,44+,45+,46?,47?,48?,50?/m0/s1. The summed E-state index contributed by atoms with van der Waals surface area (Å²) >= 11 is 0. The van der Waals surface area contributed by atoms with Crippen LogP contribution in [0.3, 0.4) is 0 Å². The van der Waals surface area contributed by atoms with E-state index in [0.717, 1.165) is 0 Å². The van der Waals surface area contributed by atoms with E-state index in [1.54, 1.807) is 92.8 Å². The number of esters is 1. The first-order chi connectivity index (χ1) is 33.5. The summed E-state index contributed by atoms with van der Waals surface area (Å²) in [6, 6.07) is -3.33. The average Bonchev–Trinajstić information content (AvgIpc) is 3.28. The number of nitrogens with one attached hydrogen (secondary N) is 2. The predicted octanol–water partition coefficient (Wildman–Crippen LogP) is 0.153. The monoisotopic (exact) mass is 1010 g/mol. The SMILES string of the molecule is CC1OC(O[C@H]2/C=C/C=C/C=C/C=C/C=C/C=C/C=C/[C@H](C)[C@@H](O)[C@@H](C)[C@H](C)OC(=O)C[C@H](O)C[C@H](O)CC[C@@H](O)[C@H](O)C[C@H](O)CC3(O)C[C@H](O)[C@@H](NC(=O)NCCC(=O)O)[C@H](C2)O3)C(O)C(N)C1O. The Kier molecular flexibility index (Phi) is 26.5. The molecule has 15 N–H and O–H groups in total. The smallest absolute Gasteiger partial charge is 0.315 e. The molecule has 0 aromatic carbocycles. The fraction of sp³-hybridized carbons (Fsp3) is 0.660. The van der Waals surface area contributed by atoms with Crippen LogP contribution in [-0.2, 0) is 28.5 Å². The van der Waals surface area contributed by atoms with Crippen LogP contribution in [0.5, 0.6) is 0 Å². The van der Waals surface area contributed by atoms with Gasteiger partial charge in [-0.05, 0) is 33.1 Å². The van der Waals surface area contributed by atoms with E-state index < -0.39 is 160 Å². The summed E-state index contributed by atoms with van der Waals surface area (Å²) in [6.07, 6.45) is 3.27. The number of rotatable bonds is 6. The Morgan fingerprint density at radius 1 is 0.704 bits per heavy atom. The van der Waals surface area contributed by atoms with Gasteiger partial charge >= 0.3 is 18.0 Å². The fourth-order valence-electron chi connectivity index (χ4n) is 8.32. The minimum atomic E-state index is -2.32. The summed E-state index contributed by atoms with van der Waals surface area (Å²) in [7, 11) is 0. The van der Waals surface area contributed by atoms with Gasteiger partial charge in [-0.2, -0.15) is 0 Å². The third-order valence-corrected chi connectivity index (χ3v) is 12.7. The molecular formula is C50H79N3O18. The van der Waals surface area contributed by atoms with Gasteiger partial charge in [0.2, 0.25) is 0 Å². The molecule has 2 saturated heterocycles. The number of urea groups is 1. The number of fused-ring (bicyclic) bond motifs is 2. The zero-order chi connectivity index (χ0) is 52.8. The minimum absolute atomic E-state index is 0.119. The molecule has 71 heavy (non-hydrogen) atoms. The highest BCUT2D eigenvalue weighted by atomic mass is 16.7. The molecule has 21 heteroatoms. The van der Waals surface area contributed by atoms with Gasteiger partial charge in [0.25, 0.3) is 0 Å². The molecule has 2 fully saturated rings. The number of carboxylic acid groups (broad SMARTS) is 1. The summed E-state index contributed by atoms with van der Waals surface area (Å²) in [5.74, 6) is -4.99. The summed E-state index contributed by atoms with van der Waals surface area (Å²) in [5, 5.41) is 123. The van der Waals surface area contributed by atoms with Gasteiger partial charge in [-0.3, -0.25) is 9.59 Å². The largest absolute Gasteiger partial charge is 0.481 e. The maximum Gasteiger partial charge on any atom is 0.315 e. The summed E-state index contributed by atoms with van der Waals surface area (Å²) < 4.78 is 23.6. The van der Waals surface area contributed by atoms with Crippen LogP contribution in [0.15, 0.2) is 85.1 Å². The Bertz CT molecular complexity index is 1840. The van der Waals surface area contributed by atoms with Crippen molar-refractivity contribution in [2.75, 3.05) is 6.54 Å². The molecule has 19 atom stereocenters. The predicted molar refractivity (Wildman–Crippen MR) is 258 cm³/mol. The lowest BCUT2D eigenvalue weighted by atomic mass is 9.87. The summed E-state index contributed by atoms with van der Waals surface area (Å²) in [4.78, 5) is 36.7. The molecule has 0 spiro atoms. The number of allylic oxidation sites excluding steroid dienone is 12. The van der Waals surface area contributed by atoms with E-state index in [1.165, 1.54) is 6.92 Å². The van der Waals surface area contributed by atoms with Crippen molar-refractivity contribution in [3.05, 3.63) is 85.1 Å². The van der Waals surface area contributed by atoms with Crippen molar-refractivity contribution >= 4 is 18.0 Å². The zero-order valence-corrected chi connectivity index (χ0v) is 40.9. The van der Waals surface area contributed by atoms with E-state index in [1.807, 2.05) is 13.0 Å². The van der Waals surface area contributed by atoms with E-state index in [9.17, 15) is 65.4 Å². The molecule has 2 bridgehead atoms. The van der Waals surface area contributed by atoms with Gasteiger partial charge in [-0.1, -0.05) is 98.9 Å². The Labute approximate surface area is 415 Å². The Morgan fingerprint density at radius 3 is 1.90 bits per heavy atom. The van der Waals surface area contributed by atoms with Crippen LogP contribution < -0.4 is 16.4 Å². The highest BCUT2D eigenvalue weighted by Gasteiger charge is 2.49. The quantitative estimate of drug-likeness (QED) is 0.158. The molecule has 0 aromatic rings. The lowest BCUT2D eigenvalue weighted by Gasteiger charge is -2.46. The number of aliphatic hydroxyl groups is 10. The van der Waals surface area contributed by atoms with E-state index in [0.29, 0.717) is 0 Å². The number of aliphatic hydroxyl groups excluding tert-OH is 9. The maximum absolute atomic E-state index is 13.0. The normalized spacial score (nSPS) is 42.5. The Balaban J connectivity index is 1.93. The third kappa shape index (κ3) is 21.8. The van der Waals surface area contributed by atoms with E-state index >= 15 is 0 Å². The van der Waals surface area contributed by atoms with Crippen molar-refractivity contribution in [1.29, 1.82) is 0 Å². The van der Waals surface area contributed by atoms with Crippen LogP contribution in [0.2, 0.25) is 0 Å². The number of hydrogen-bond acceptors (Lipinski definition) is 18. The number of amides is 2. The van der Waals surface area contributed by atoms with Crippen molar-refractivity contribution in [2.45, 2.75) is 189 Å². The number of carbonyl (C=O) groups is 3. The fourth-order valence-corrected chi connectivity index (χ4v) is 8.32. The molecular weight excluding hydrogens is 931 g/mol. The molecule has 0 saturated carbocycles. The van der Waals surface area contributed by atoms with E-state index in [-0.39, 0.29) is 38.1 Å². The average molecular weight is 1010 g/mol. The van der Waals surface area contributed by atoms with Gasteiger partial charge in [0, 0.05) is 44.1 Å². The Hall–Kier alpha value is -4.17. The van der Waals surface area contributed by atoms with Crippen molar-refractivity contribution in [2.24, 2.45) is 17.6 Å². The molecule has 6 unspecified atom stereocenters. The van der Waals surface area contributed by atoms with Crippen molar-refractivity contribution in [1.82, 2.24) is 10.6 Å². The molecule has 3 aliphatic rings. The first kappa shape index (κ1) is 61.1. The maximum atomic E-state index is 13.0. The van der Waals surface area contributed by atoms with Crippen LogP contribution in [0, 0.1) is 11.8 Å². The number of cyclic esters (lactones) is 1. The summed E-state index contributed by atoms with van der Waals surface area (Å²) in [6.45, 7) is 6.47. The first-order valence-corrected chi connectivity index (χ1v) is 24.2. The number of carboxylic acids is 1. The first-order valence-electron chi connectivity index (χ1n) is 24.2. The number of nitrogens with two attached hydrogens (primary N) is 1. The topological polar surface area (TPSA) is 361 Å². The highest BCUT2D eigenvalue weighted by Crippen LogP contribution is 2.35. The van der Waals surface area contributed by atoms with Crippen LogP contribution in [0.1, 0.15) is 85.5 Å². The molecule has 0 aliphatic carbocycles.